The van der Waals surface area contributed by atoms with Crippen molar-refractivity contribution in [2.24, 2.45) is 5.73 Å². The van der Waals surface area contributed by atoms with Crippen LogP contribution in [0.3, 0.4) is 0 Å². The molecular weight excluding hydrogens is 324 g/mol. The SMILES string of the molecule is CN(C)c1cccc(C(=O)O)c1.N[C@@H](Cc1ccc(O)cc1)C(=O)O. The second-order valence-electron chi connectivity index (χ2n) is 5.57. The van der Waals surface area contributed by atoms with Crippen molar-refractivity contribution in [2.45, 2.75) is 12.5 Å². The quantitative estimate of drug-likeness (QED) is 0.650. The van der Waals surface area contributed by atoms with E-state index in [0.717, 1.165) is 11.3 Å². The number of carboxylic acids is 2. The van der Waals surface area contributed by atoms with Crippen LogP contribution in [0, 0.1) is 0 Å². The van der Waals surface area contributed by atoms with Crippen LogP contribution in [0.5, 0.6) is 5.75 Å². The third kappa shape index (κ3) is 6.92. The van der Waals surface area contributed by atoms with Gasteiger partial charge in [-0.05, 0) is 42.3 Å². The van der Waals surface area contributed by atoms with E-state index in [2.05, 4.69) is 0 Å². The molecule has 0 heterocycles. The van der Waals surface area contributed by atoms with Crippen LogP contribution in [0.1, 0.15) is 15.9 Å². The van der Waals surface area contributed by atoms with E-state index < -0.39 is 18.0 Å². The number of nitrogens with two attached hydrogens (primary N) is 1. The minimum Gasteiger partial charge on any atom is -0.508 e. The van der Waals surface area contributed by atoms with Crippen LogP contribution in [0.2, 0.25) is 0 Å². The summed E-state index contributed by atoms with van der Waals surface area (Å²) in [5.74, 6) is -1.75. The summed E-state index contributed by atoms with van der Waals surface area (Å²) < 4.78 is 0. The van der Waals surface area contributed by atoms with Crippen LogP contribution in [0.25, 0.3) is 0 Å². The van der Waals surface area contributed by atoms with Gasteiger partial charge < -0.3 is 26.0 Å². The van der Waals surface area contributed by atoms with E-state index in [9.17, 15) is 9.59 Å². The van der Waals surface area contributed by atoms with Crippen molar-refractivity contribution >= 4 is 17.6 Å². The van der Waals surface area contributed by atoms with Crippen molar-refractivity contribution in [2.75, 3.05) is 19.0 Å². The fourth-order valence-electron chi connectivity index (χ4n) is 1.89. The maximum Gasteiger partial charge on any atom is 0.335 e. The van der Waals surface area contributed by atoms with Crippen molar-refractivity contribution in [1.82, 2.24) is 0 Å². The Bertz CT molecular complexity index is 714. The lowest BCUT2D eigenvalue weighted by atomic mass is 10.1. The monoisotopic (exact) mass is 346 g/mol. The first-order valence-electron chi connectivity index (χ1n) is 7.47. The average Bonchev–Trinajstić information content (AvgIpc) is 2.57. The summed E-state index contributed by atoms with van der Waals surface area (Å²) in [7, 11) is 3.75. The molecule has 2 aromatic rings. The number of carboxylic acid groups (broad SMARTS) is 2. The third-order valence-electron chi connectivity index (χ3n) is 3.32. The van der Waals surface area contributed by atoms with Gasteiger partial charge in [0.1, 0.15) is 11.8 Å². The molecule has 0 unspecified atom stereocenters. The highest BCUT2D eigenvalue weighted by atomic mass is 16.4. The predicted molar refractivity (Wildman–Crippen MR) is 95.2 cm³/mol. The van der Waals surface area contributed by atoms with Gasteiger partial charge >= 0.3 is 11.9 Å². The van der Waals surface area contributed by atoms with Crippen LogP contribution >= 0.6 is 0 Å². The Morgan fingerprint density at radius 2 is 1.68 bits per heavy atom. The van der Waals surface area contributed by atoms with E-state index in [-0.39, 0.29) is 12.2 Å². The van der Waals surface area contributed by atoms with Crippen LogP contribution < -0.4 is 10.6 Å². The second kappa shape index (κ2) is 9.29. The molecule has 0 radical (unpaired) electrons. The number of hydrogen-bond donors (Lipinski definition) is 4. The zero-order valence-electron chi connectivity index (χ0n) is 14.1. The first kappa shape index (κ1) is 20.0. The molecule has 2 rings (SSSR count). The number of phenols is 1. The van der Waals surface area contributed by atoms with Crippen molar-refractivity contribution in [3.63, 3.8) is 0 Å². The average molecular weight is 346 g/mol. The molecule has 0 bridgehead atoms. The van der Waals surface area contributed by atoms with Crippen molar-refractivity contribution < 1.29 is 24.9 Å². The normalized spacial score (nSPS) is 11.0. The van der Waals surface area contributed by atoms with Crippen molar-refractivity contribution in [3.05, 3.63) is 59.7 Å². The smallest absolute Gasteiger partial charge is 0.335 e. The maximum atomic E-state index is 10.6. The van der Waals surface area contributed by atoms with Crippen LogP contribution in [-0.4, -0.2) is 47.4 Å². The number of aromatic carboxylic acids is 1. The second-order valence-corrected chi connectivity index (χ2v) is 5.57. The minimum atomic E-state index is -1.02. The lowest BCUT2D eigenvalue weighted by molar-refractivity contribution is -0.138. The van der Waals surface area contributed by atoms with Gasteiger partial charge in [0.2, 0.25) is 0 Å². The lowest BCUT2D eigenvalue weighted by Crippen LogP contribution is -2.32. The highest BCUT2D eigenvalue weighted by Gasteiger charge is 2.11. The Morgan fingerprint density at radius 1 is 1.08 bits per heavy atom. The summed E-state index contributed by atoms with van der Waals surface area (Å²) in [6, 6.07) is 12.2. The van der Waals surface area contributed by atoms with Crippen LogP contribution in [-0.2, 0) is 11.2 Å². The molecule has 25 heavy (non-hydrogen) atoms. The van der Waals surface area contributed by atoms with Crippen LogP contribution in [0.4, 0.5) is 5.69 Å². The Morgan fingerprint density at radius 3 is 2.16 bits per heavy atom. The topological polar surface area (TPSA) is 124 Å². The standard InChI is InChI=1S/C9H11NO3.C9H11NO2/c10-8(9(12)13)5-6-1-3-7(11)4-2-6;1-10(2)8-5-3-4-7(6-8)9(11)12/h1-4,8,11H,5,10H2,(H,12,13);3-6H,1-2H3,(H,11,12)/t8-;/m0./s1. The Hall–Kier alpha value is -3.06. The molecule has 0 amide bonds. The molecule has 7 nitrogen and oxygen atoms in total. The number of carbonyl (C=O) groups is 2. The molecule has 7 heteroatoms. The largest absolute Gasteiger partial charge is 0.508 e. The van der Waals surface area contributed by atoms with Gasteiger partial charge in [0.15, 0.2) is 0 Å². The molecule has 0 saturated heterocycles. The Labute approximate surface area is 145 Å². The van der Waals surface area contributed by atoms with Gasteiger partial charge in [0.05, 0.1) is 5.56 Å². The molecule has 0 fully saturated rings. The molecule has 0 aliphatic carbocycles. The first-order valence-corrected chi connectivity index (χ1v) is 7.47. The van der Waals surface area contributed by atoms with Gasteiger partial charge in [-0.25, -0.2) is 4.79 Å². The number of aromatic hydroxyl groups is 1. The fourth-order valence-corrected chi connectivity index (χ4v) is 1.89. The number of anilines is 1. The first-order chi connectivity index (χ1) is 11.7. The van der Waals surface area contributed by atoms with Gasteiger partial charge in [0.25, 0.3) is 0 Å². The van der Waals surface area contributed by atoms with E-state index in [1.54, 1.807) is 30.3 Å². The molecule has 0 aromatic heterocycles. The number of aliphatic carboxylic acids is 1. The molecule has 0 saturated carbocycles. The predicted octanol–water partition coefficient (Wildman–Crippen LogP) is 1.80. The number of nitrogens with zero attached hydrogens (tertiary/aromatic N) is 1. The van der Waals surface area contributed by atoms with Gasteiger partial charge in [-0.3, -0.25) is 4.79 Å². The molecule has 134 valence electrons. The van der Waals surface area contributed by atoms with Gasteiger partial charge in [-0.1, -0.05) is 18.2 Å². The third-order valence-corrected chi connectivity index (χ3v) is 3.32. The fraction of sp³-hybridized carbons (Fsp3) is 0.222. The molecule has 0 aliphatic heterocycles. The molecule has 2 aromatic carbocycles. The highest BCUT2D eigenvalue weighted by molar-refractivity contribution is 5.88. The minimum absolute atomic E-state index is 0.160. The van der Waals surface area contributed by atoms with Gasteiger partial charge in [-0.15, -0.1) is 0 Å². The number of phenolic OH excluding ortho intramolecular Hbond substituents is 1. The molecule has 0 spiro atoms. The summed E-state index contributed by atoms with van der Waals surface area (Å²) in [6.45, 7) is 0. The summed E-state index contributed by atoms with van der Waals surface area (Å²) >= 11 is 0. The number of rotatable bonds is 5. The number of benzene rings is 2. The zero-order chi connectivity index (χ0) is 19.0. The molecule has 1 atom stereocenters. The van der Waals surface area contributed by atoms with E-state index >= 15 is 0 Å². The summed E-state index contributed by atoms with van der Waals surface area (Å²) in [4.78, 5) is 22.8. The highest BCUT2D eigenvalue weighted by Crippen LogP contribution is 2.13. The zero-order valence-corrected chi connectivity index (χ0v) is 14.1. The van der Waals surface area contributed by atoms with E-state index in [4.69, 9.17) is 21.1 Å². The molecular formula is C18H22N2O5. The maximum absolute atomic E-state index is 10.6. The van der Waals surface area contributed by atoms with Gasteiger partial charge in [0, 0.05) is 19.8 Å². The number of hydrogen-bond acceptors (Lipinski definition) is 5. The molecule has 0 aliphatic rings. The van der Waals surface area contributed by atoms with Crippen molar-refractivity contribution in [3.8, 4) is 5.75 Å². The van der Waals surface area contributed by atoms with E-state index in [0.29, 0.717) is 5.56 Å². The Balaban J connectivity index is 0.000000251. The molecule has 5 N–H and O–H groups in total. The van der Waals surface area contributed by atoms with E-state index in [1.807, 2.05) is 25.1 Å². The summed E-state index contributed by atoms with van der Waals surface area (Å²) in [6.07, 6.45) is 0.273. The van der Waals surface area contributed by atoms with Crippen molar-refractivity contribution in [1.29, 1.82) is 0 Å². The summed E-state index contributed by atoms with van der Waals surface area (Å²) in [5.41, 5.74) is 7.34. The van der Waals surface area contributed by atoms with Gasteiger partial charge in [-0.2, -0.15) is 0 Å². The Kier molecular flexibility index (Phi) is 7.43. The van der Waals surface area contributed by atoms with Crippen LogP contribution in [0.15, 0.2) is 48.5 Å². The summed E-state index contributed by atoms with van der Waals surface area (Å²) in [5, 5.41) is 26.1. The lowest BCUT2D eigenvalue weighted by Gasteiger charge is -2.12. The van der Waals surface area contributed by atoms with E-state index in [1.165, 1.54) is 12.1 Å².